The van der Waals surface area contributed by atoms with Gasteiger partial charge in [-0.1, -0.05) is 19.8 Å². The Kier molecular flexibility index (Phi) is 5.34. The Labute approximate surface area is 129 Å². The quantitative estimate of drug-likeness (QED) is 0.612. The highest BCUT2D eigenvalue weighted by Crippen LogP contribution is 2.32. The summed E-state index contributed by atoms with van der Waals surface area (Å²) in [6.07, 6.45) is 5.05. The number of thiophene rings is 1. The summed E-state index contributed by atoms with van der Waals surface area (Å²) in [5.41, 5.74) is 0. The predicted molar refractivity (Wildman–Crippen MR) is 82.0 cm³/mol. The Morgan fingerprint density at radius 1 is 1.38 bits per heavy atom. The molecule has 0 radical (unpaired) electrons. The second-order valence-corrected chi connectivity index (χ2v) is 8.57. The van der Waals surface area contributed by atoms with Crippen molar-refractivity contribution < 1.29 is 13.3 Å². The number of nitrogens with zero attached hydrogens (tertiary/aromatic N) is 2. The van der Waals surface area contributed by atoms with Gasteiger partial charge in [0.05, 0.1) is 4.92 Å². The molecular formula is C13H20N2O4S2. The molecule has 2 rings (SSSR count). The predicted octanol–water partition coefficient (Wildman–Crippen LogP) is 3.25. The lowest BCUT2D eigenvalue weighted by molar-refractivity contribution is -0.380. The molecule has 6 nitrogen and oxygen atoms in total. The molecule has 1 aliphatic rings. The molecule has 0 aliphatic carbocycles. The molecule has 0 unspecified atom stereocenters. The van der Waals surface area contributed by atoms with Gasteiger partial charge in [0.2, 0.25) is 0 Å². The maximum absolute atomic E-state index is 12.6. The van der Waals surface area contributed by atoms with Crippen molar-refractivity contribution in [2.24, 2.45) is 5.92 Å². The van der Waals surface area contributed by atoms with Gasteiger partial charge in [0.1, 0.15) is 4.21 Å². The summed E-state index contributed by atoms with van der Waals surface area (Å²) >= 11 is 0.731. The van der Waals surface area contributed by atoms with Gasteiger partial charge in [0, 0.05) is 19.2 Å². The zero-order valence-electron chi connectivity index (χ0n) is 12.0. The van der Waals surface area contributed by atoms with Crippen LogP contribution in [0.4, 0.5) is 5.00 Å². The van der Waals surface area contributed by atoms with Crippen LogP contribution in [0.5, 0.6) is 0 Å². The van der Waals surface area contributed by atoms with Gasteiger partial charge >= 0.3 is 5.00 Å². The highest BCUT2D eigenvalue weighted by atomic mass is 32.2. The molecule has 1 atom stereocenters. The molecule has 0 spiro atoms. The number of hydrogen-bond acceptors (Lipinski definition) is 5. The summed E-state index contributed by atoms with van der Waals surface area (Å²) in [4.78, 5) is 10.1. The molecule has 1 aromatic heterocycles. The lowest BCUT2D eigenvalue weighted by Crippen LogP contribution is -2.31. The van der Waals surface area contributed by atoms with Crippen molar-refractivity contribution in [2.45, 2.75) is 43.2 Å². The van der Waals surface area contributed by atoms with E-state index in [1.165, 1.54) is 16.4 Å². The van der Waals surface area contributed by atoms with E-state index in [1.807, 2.05) is 0 Å². The largest absolute Gasteiger partial charge is 0.325 e. The van der Waals surface area contributed by atoms with Gasteiger partial charge < -0.3 is 0 Å². The average Bonchev–Trinajstić information content (AvgIpc) is 2.82. The molecule has 0 aromatic carbocycles. The third-order valence-corrected chi connectivity index (χ3v) is 7.25. The van der Waals surface area contributed by atoms with E-state index < -0.39 is 14.9 Å². The molecule has 1 fully saturated rings. The summed E-state index contributed by atoms with van der Waals surface area (Å²) in [5.74, 6) is 0.591. The van der Waals surface area contributed by atoms with E-state index in [9.17, 15) is 18.5 Å². The first-order chi connectivity index (χ1) is 9.95. The third-order valence-electron chi connectivity index (χ3n) is 3.84. The van der Waals surface area contributed by atoms with E-state index >= 15 is 0 Å². The van der Waals surface area contributed by atoms with E-state index in [-0.39, 0.29) is 9.21 Å². The standard InChI is InChI=1S/C13H20N2O4S2/c1-2-4-11-5-3-9-14(10-8-11)21(18,19)13-7-6-12(20-13)15(16)17/h6-7,11H,2-5,8-10H2,1H3/t11-/m0/s1. The van der Waals surface area contributed by atoms with Crippen LogP contribution in [0.1, 0.15) is 39.0 Å². The Bertz CT molecular complexity index is 597. The highest BCUT2D eigenvalue weighted by Gasteiger charge is 2.30. The monoisotopic (exact) mass is 332 g/mol. The topological polar surface area (TPSA) is 80.5 Å². The second-order valence-electron chi connectivity index (χ2n) is 5.34. The molecule has 0 amide bonds. The van der Waals surface area contributed by atoms with Crippen LogP contribution in [0.3, 0.4) is 0 Å². The average molecular weight is 332 g/mol. The lowest BCUT2D eigenvalue weighted by Gasteiger charge is -2.19. The summed E-state index contributed by atoms with van der Waals surface area (Å²) < 4.78 is 26.7. The van der Waals surface area contributed by atoms with Crippen molar-refractivity contribution in [1.29, 1.82) is 0 Å². The Hall–Kier alpha value is -0.990. The van der Waals surface area contributed by atoms with Crippen LogP contribution < -0.4 is 0 Å². The van der Waals surface area contributed by atoms with Crippen LogP contribution in [0.2, 0.25) is 0 Å². The Balaban J connectivity index is 2.13. The molecule has 0 bridgehead atoms. The van der Waals surface area contributed by atoms with Crippen LogP contribution in [-0.4, -0.2) is 30.7 Å². The molecule has 1 aromatic rings. The smallest absolute Gasteiger partial charge is 0.258 e. The van der Waals surface area contributed by atoms with Gasteiger partial charge in [0.15, 0.2) is 0 Å². The fourth-order valence-corrected chi connectivity index (χ4v) is 5.51. The minimum absolute atomic E-state index is 0.0724. The maximum atomic E-state index is 12.6. The third kappa shape index (κ3) is 3.81. The summed E-state index contributed by atoms with van der Waals surface area (Å²) in [6, 6.07) is 2.60. The van der Waals surface area contributed by atoms with E-state index in [0.717, 1.165) is 43.4 Å². The molecule has 21 heavy (non-hydrogen) atoms. The minimum atomic E-state index is -3.59. The van der Waals surface area contributed by atoms with Crippen molar-refractivity contribution >= 4 is 26.4 Å². The molecule has 118 valence electrons. The van der Waals surface area contributed by atoms with E-state index in [0.29, 0.717) is 19.0 Å². The molecule has 0 N–H and O–H groups in total. The van der Waals surface area contributed by atoms with Gasteiger partial charge in [-0.15, -0.1) is 0 Å². The van der Waals surface area contributed by atoms with Crippen molar-refractivity contribution in [3.05, 3.63) is 22.2 Å². The van der Waals surface area contributed by atoms with Crippen LogP contribution in [0, 0.1) is 16.0 Å². The van der Waals surface area contributed by atoms with Crippen molar-refractivity contribution in [3.8, 4) is 0 Å². The van der Waals surface area contributed by atoms with Crippen LogP contribution in [0.15, 0.2) is 16.3 Å². The fraction of sp³-hybridized carbons (Fsp3) is 0.692. The normalized spacial score (nSPS) is 21.1. The number of rotatable bonds is 5. The Morgan fingerprint density at radius 2 is 2.14 bits per heavy atom. The first kappa shape index (κ1) is 16.4. The van der Waals surface area contributed by atoms with Crippen molar-refractivity contribution in [1.82, 2.24) is 4.31 Å². The lowest BCUT2D eigenvalue weighted by atomic mass is 9.96. The van der Waals surface area contributed by atoms with Gasteiger partial charge in [0.25, 0.3) is 10.0 Å². The van der Waals surface area contributed by atoms with Crippen molar-refractivity contribution in [2.75, 3.05) is 13.1 Å². The molecule has 2 heterocycles. The van der Waals surface area contributed by atoms with Gasteiger partial charge in [-0.05, 0) is 42.6 Å². The summed E-state index contributed by atoms with van der Waals surface area (Å²) in [6.45, 7) is 3.16. The SMILES string of the molecule is CCC[C@H]1CCCN(S(=O)(=O)c2ccc([N+](=O)[O-])s2)CC1. The second kappa shape index (κ2) is 6.85. The number of sulfonamides is 1. The molecule has 0 saturated carbocycles. The maximum Gasteiger partial charge on any atom is 0.325 e. The van der Waals surface area contributed by atoms with E-state index in [4.69, 9.17) is 0 Å². The van der Waals surface area contributed by atoms with Gasteiger partial charge in [-0.2, -0.15) is 4.31 Å². The number of hydrogen-bond donors (Lipinski definition) is 0. The fourth-order valence-electron chi connectivity index (χ4n) is 2.75. The summed E-state index contributed by atoms with van der Waals surface area (Å²) in [7, 11) is -3.59. The molecule has 8 heteroatoms. The zero-order valence-corrected chi connectivity index (χ0v) is 13.7. The van der Waals surface area contributed by atoms with Crippen molar-refractivity contribution in [3.63, 3.8) is 0 Å². The minimum Gasteiger partial charge on any atom is -0.258 e. The number of nitro groups is 1. The summed E-state index contributed by atoms with van der Waals surface area (Å²) in [5, 5.41) is 10.6. The molecular weight excluding hydrogens is 312 g/mol. The Morgan fingerprint density at radius 3 is 2.76 bits per heavy atom. The van der Waals surface area contributed by atoms with E-state index in [1.54, 1.807) is 0 Å². The van der Waals surface area contributed by atoms with E-state index in [2.05, 4.69) is 6.92 Å². The first-order valence-corrected chi connectivity index (χ1v) is 9.45. The molecule has 1 aliphatic heterocycles. The first-order valence-electron chi connectivity index (χ1n) is 7.19. The van der Waals surface area contributed by atoms with Crippen LogP contribution in [0.25, 0.3) is 0 Å². The zero-order chi connectivity index (χ0) is 15.5. The highest BCUT2D eigenvalue weighted by molar-refractivity contribution is 7.91. The van der Waals surface area contributed by atoms with Gasteiger partial charge in [-0.3, -0.25) is 10.1 Å². The van der Waals surface area contributed by atoms with Crippen LogP contribution >= 0.6 is 11.3 Å². The van der Waals surface area contributed by atoms with Gasteiger partial charge in [-0.25, -0.2) is 8.42 Å². The molecule has 1 saturated heterocycles. The van der Waals surface area contributed by atoms with Crippen LogP contribution in [-0.2, 0) is 10.0 Å².